The van der Waals surface area contributed by atoms with Crippen LogP contribution in [-0.2, 0) is 0 Å². The van der Waals surface area contributed by atoms with Crippen LogP contribution >= 0.6 is 11.3 Å². The van der Waals surface area contributed by atoms with Crippen LogP contribution in [0.1, 0.15) is 14.5 Å². The van der Waals surface area contributed by atoms with Crippen LogP contribution in [0, 0.1) is 6.92 Å². The summed E-state index contributed by atoms with van der Waals surface area (Å²) in [5, 5.41) is 8.99. The van der Waals surface area contributed by atoms with E-state index in [4.69, 9.17) is 9.84 Å². The van der Waals surface area contributed by atoms with Crippen molar-refractivity contribution >= 4 is 17.3 Å². The Morgan fingerprint density at radius 1 is 1.31 bits per heavy atom. The maximum Gasteiger partial charge on any atom is 0.349 e. The van der Waals surface area contributed by atoms with Crippen LogP contribution in [0.4, 0.5) is 0 Å². The summed E-state index contributed by atoms with van der Waals surface area (Å²) >= 11 is 1.22. The maximum atomic E-state index is 11.0. The molecule has 2 rings (SSSR count). The molecule has 3 nitrogen and oxygen atoms in total. The third-order valence-corrected chi connectivity index (χ3v) is 3.01. The van der Waals surface area contributed by atoms with Gasteiger partial charge < -0.3 is 9.84 Å². The van der Waals surface area contributed by atoms with E-state index >= 15 is 0 Å². The minimum Gasteiger partial charge on any atom is -0.477 e. The van der Waals surface area contributed by atoms with E-state index in [0.29, 0.717) is 11.5 Å². The van der Waals surface area contributed by atoms with Gasteiger partial charge in [0, 0.05) is 4.88 Å². The largest absolute Gasteiger partial charge is 0.477 e. The van der Waals surface area contributed by atoms with Crippen LogP contribution < -0.4 is 4.74 Å². The van der Waals surface area contributed by atoms with Gasteiger partial charge in [0.15, 0.2) is 10.6 Å². The summed E-state index contributed by atoms with van der Waals surface area (Å²) in [6.45, 7) is 1.86. The highest BCUT2D eigenvalue weighted by Crippen LogP contribution is 2.32. The fourth-order valence-electron chi connectivity index (χ4n) is 1.33. The summed E-state index contributed by atoms with van der Waals surface area (Å²) in [7, 11) is 0. The summed E-state index contributed by atoms with van der Waals surface area (Å²) in [5.74, 6) is 0.0908. The molecule has 0 aliphatic carbocycles. The molecule has 0 aliphatic rings. The summed E-state index contributed by atoms with van der Waals surface area (Å²) in [6, 6.07) is 10.9. The van der Waals surface area contributed by atoms with Crippen molar-refractivity contribution in [3.05, 3.63) is 46.2 Å². The highest BCUT2D eigenvalue weighted by Gasteiger charge is 2.15. The monoisotopic (exact) mass is 234 g/mol. The van der Waals surface area contributed by atoms with Crippen LogP contribution in [0.15, 0.2) is 36.4 Å². The number of benzene rings is 1. The Labute approximate surface area is 96.9 Å². The normalized spacial score (nSPS) is 10.1. The molecule has 0 saturated carbocycles. The van der Waals surface area contributed by atoms with E-state index < -0.39 is 5.97 Å². The molecule has 2 aromatic rings. The van der Waals surface area contributed by atoms with E-state index in [1.165, 1.54) is 11.3 Å². The Balaban J connectivity index is 2.31. The molecule has 1 aromatic heterocycles. The van der Waals surface area contributed by atoms with Crippen LogP contribution in [0.3, 0.4) is 0 Å². The van der Waals surface area contributed by atoms with E-state index in [1.54, 1.807) is 18.2 Å². The Morgan fingerprint density at radius 3 is 2.62 bits per heavy atom. The van der Waals surface area contributed by atoms with E-state index in [9.17, 15) is 4.79 Å². The first-order chi connectivity index (χ1) is 7.66. The number of hydrogen-bond acceptors (Lipinski definition) is 3. The first kappa shape index (κ1) is 10.7. The van der Waals surface area contributed by atoms with Gasteiger partial charge in [-0.25, -0.2) is 4.79 Å². The molecule has 1 aromatic carbocycles. The number of hydrogen-bond donors (Lipinski definition) is 1. The van der Waals surface area contributed by atoms with Gasteiger partial charge in [0.2, 0.25) is 0 Å². The van der Waals surface area contributed by atoms with Crippen molar-refractivity contribution in [2.75, 3.05) is 0 Å². The molecule has 1 N–H and O–H groups in total. The maximum absolute atomic E-state index is 11.0. The first-order valence-corrected chi connectivity index (χ1v) is 5.55. The number of aryl methyl sites for hydroxylation is 1. The van der Waals surface area contributed by atoms with Gasteiger partial charge in [-0.15, -0.1) is 11.3 Å². The fourth-order valence-corrected chi connectivity index (χ4v) is 2.11. The zero-order chi connectivity index (χ0) is 11.5. The van der Waals surface area contributed by atoms with Gasteiger partial charge in [-0.3, -0.25) is 0 Å². The molecular formula is C12H10O3S. The third kappa shape index (κ3) is 2.23. The molecule has 0 fully saturated rings. The highest BCUT2D eigenvalue weighted by molar-refractivity contribution is 7.14. The Bertz CT molecular complexity index is 502. The third-order valence-electron chi connectivity index (χ3n) is 1.99. The number of carbonyl (C=O) groups is 1. The molecule has 0 spiro atoms. The number of carboxylic acids is 1. The van der Waals surface area contributed by atoms with Crippen molar-refractivity contribution in [2.45, 2.75) is 6.92 Å². The van der Waals surface area contributed by atoms with Gasteiger partial charge in [0.25, 0.3) is 0 Å². The van der Waals surface area contributed by atoms with Gasteiger partial charge in [-0.05, 0) is 25.1 Å². The van der Waals surface area contributed by atoms with Gasteiger partial charge >= 0.3 is 5.97 Å². The molecule has 1 heterocycles. The Hall–Kier alpha value is -1.81. The minimum atomic E-state index is -0.955. The summed E-state index contributed by atoms with van der Waals surface area (Å²) in [4.78, 5) is 12.1. The number of thiophene rings is 1. The molecule has 0 aliphatic heterocycles. The van der Waals surface area contributed by atoms with Crippen LogP contribution in [0.5, 0.6) is 11.5 Å². The van der Waals surface area contributed by atoms with E-state index in [0.717, 1.165) is 4.88 Å². The topological polar surface area (TPSA) is 46.5 Å². The first-order valence-electron chi connectivity index (χ1n) is 4.73. The second-order valence-corrected chi connectivity index (χ2v) is 4.53. The quantitative estimate of drug-likeness (QED) is 0.883. The Morgan fingerprint density at radius 2 is 2.00 bits per heavy atom. The molecule has 82 valence electrons. The number of carboxylic acid groups (broad SMARTS) is 1. The van der Waals surface area contributed by atoms with Crippen LogP contribution in [0.2, 0.25) is 0 Å². The highest BCUT2D eigenvalue weighted by atomic mass is 32.1. The van der Waals surface area contributed by atoms with Gasteiger partial charge in [0.1, 0.15) is 5.75 Å². The zero-order valence-electron chi connectivity index (χ0n) is 8.64. The van der Waals surface area contributed by atoms with Crippen molar-refractivity contribution in [2.24, 2.45) is 0 Å². The lowest BCUT2D eigenvalue weighted by Crippen LogP contribution is -1.95. The number of para-hydroxylation sites is 1. The standard InChI is InChI=1S/C12H10O3S/c1-8-7-10(11(16-8)12(13)14)15-9-5-3-2-4-6-9/h2-7H,1H3,(H,13,14). The van der Waals surface area contributed by atoms with Crippen LogP contribution in [0.25, 0.3) is 0 Å². The number of ether oxygens (including phenoxy) is 1. The molecule has 0 atom stereocenters. The predicted molar refractivity (Wildman–Crippen MR) is 62.5 cm³/mol. The summed E-state index contributed by atoms with van der Waals surface area (Å²) in [5.41, 5.74) is 0. The fraction of sp³-hybridized carbons (Fsp3) is 0.0833. The van der Waals surface area contributed by atoms with Gasteiger partial charge in [0.05, 0.1) is 0 Å². The van der Waals surface area contributed by atoms with Crippen molar-refractivity contribution in [3.8, 4) is 11.5 Å². The molecule has 4 heteroatoms. The van der Waals surface area contributed by atoms with Gasteiger partial charge in [-0.1, -0.05) is 18.2 Å². The average molecular weight is 234 g/mol. The molecule has 0 radical (unpaired) electrons. The number of aromatic carboxylic acids is 1. The molecule has 16 heavy (non-hydrogen) atoms. The van der Waals surface area contributed by atoms with E-state index in [1.807, 2.05) is 25.1 Å². The van der Waals surface area contributed by atoms with Crippen molar-refractivity contribution < 1.29 is 14.6 Å². The van der Waals surface area contributed by atoms with E-state index in [-0.39, 0.29) is 4.88 Å². The summed E-state index contributed by atoms with van der Waals surface area (Å²) in [6.07, 6.45) is 0. The zero-order valence-corrected chi connectivity index (χ0v) is 9.45. The Kier molecular flexibility index (Phi) is 2.92. The lowest BCUT2D eigenvalue weighted by atomic mass is 10.3. The van der Waals surface area contributed by atoms with Crippen molar-refractivity contribution in [1.82, 2.24) is 0 Å². The molecule has 0 amide bonds. The minimum absolute atomic E-state index is 0.237. The average Bonchev–Trinajstić information content (AvgIpc) is 2.61. The van der Waals surface area contributed by atoms with Crippen molar-refractivity contribution in [1.29, 1.82) is 0 Å². The van der Waals surface area contributed by atoms with Crippen LogP contribution in [-0.4, -0.2) is 11.1 Å². The SMILES string of the molecule is Cc1cc(Oc2ccccc2)c(C(=O)O)s1. The lowest BCUT2D eigenvalue weighted by molar-refractivity contribution is 0.0700. The lowest BCUT2D eigenvalue weighted by Gasteiger charge is -2.03. The smallest absolute Gasteiger partial charge is 0.349 e. The summed E-state index contributed by atoms with van der Waals surface area (Å²) < 4.78 is 5.52. The predicted octanol–water partition coefficient (Wildman–Crippen LogP) is 3.55. The van der Waals surface area contributed by atoms with Crippen molar-refractivity contribution in [3.63, 3.8) is 0 Å². The van der Waals surface area contributed by atoms with E-state index in [2.05, 4.69) is 0 Å². The molecule has 0 bridgehead atoms. The molecule has 0 unspecified atom stereocenters. The second kappa shape index (κ2) is 4.37. The molecular weight excluding hydrogens is 224 g/mol. The van der Waals surface area contributed by atoms with Gasteiger partial charge in [-0.2, -0.15) is 0 Å². The molecule has 0 saturated heterocycles. The second-order valence-electron chi connectivity index (χ2n) is 3.27. The number of rotatable bonds is 3.